The summed E-state index contributed by atoms with van der Waals surface area (Å²) in [5.41, 5.74) is 0. The summed E-state index contributed by atoms with van der Waals surface area (Å²) in [6.07, 6.45) is -67.3. The summed E-state index contributed by atoms with van der Waals surface area (Å²) in [6, 6.07) is 0. The Morgan fingerprint density at radius 3 is 0.615 bits per heavy atom. The molecule has 35 heteroatoms. The highest BCUT2D eigenvalue weighted by atomic mass is 16.8. The average Bonchev–Trinajstić information content (AvgIpc) is 3.43. The monoisotopic (exact) mass is 1150 g/mol. The van der Waals surface area contributed by atoms with E-state index in [0.717, 1.165) is 0 Å². The van der Waals surface area contributed by atoms with Crippen molar-refractivity contribution in [2.45, 2.75) is 222 Å². The molecule has 0 bridgehead atoms. The van der Waals surface area contributed by atoms with E-state index in [0.29, 0.717) is 0 Å². The zero-order valence-corrected chi connectivity index (χ0v) is 41.3. The minimum Gasteiger partial charge on any atom is -0.394 e. The fourth-order valence-corrected chi connectivity index (χ4v) is 10.2. The van der Waals surface area contributed by atoms with E-state index in [4.69, 9.17) is 61.6 Å². The van der Waals surface area contributed by atoms with E-state index in [9.17, 15) is 112 Å². The van der Waals surface area contributed by atoms with Gasteiger partial charge in [-0.15, -0.1) is 0 Å². The predicted octanol–water partition coefficient (Wildman–Crippen LogP) is -15.2. The SMILES string of the molecule is CC1OC(CO)C(O)C(O[C@@H]2OC(CO)[C@H](O)[C@H](OC3OC(CO)C(O)C(O[C@@H]4OC(CO)[C@H](O)[C@H](OC5OC(CO)C(O)C(O[C@@H]6OC(CO)[C@H](O)[C@H](OC7OC(CO)C(O)C(O)C7O)C6O)C5O)C4O)C3O)C2O)C1O. The van der Waals surface area contributed by atoms with Gasteiger partial charge in [-0.25, -0.2) is 0 Å². The van der Waals surface area contributed by atoms with Crippen molar-refractivity contribution in [2.75, 3.05) is 46.2 Å². The molecule has 7 aliphatic rings. The molecule has 26 unspecified atom stereocenters. The molecule has 78 heavy (non-hydrogen) atoms. The van der Waals surface area contributed by atoms with Crippen molar-refractivity contribution in [3.8, 4) is 0 Å². The first kappa shape index (κ1) is 64.2. The summed E-state index contributed by atoms with van der Waals surface area (Å²) in [5.74, 6) is 0. The van der Waals surface area contributed by atoms with Crippen LogP contribution in [0.5, 0.6) is 0 Å². The van der Waals surface area contributed by atoms with Gasteiger partial charge in [-0.2, -0.15) is 0 Å². The molecule has 22 N–H and O–H groups in total. The minimum absolute atomic E-state index is 0.720. The molecule has 0 aromatic carbocycles. The Labute approximate surface area is 441 Å². The van der Waals surface area contributed by atoms with Crippen LogP contribution in [0.2, 0.25) is 0 Å². The van der Waals surface area contributed by atoms with Crippen LogP contribution >= 0.6 is 0 Å². The van der Waals surface area contributed by atoms with E-state index in [1.54, 1.807) is 0 Å². The van der Waals surface area contributed by atoms with Crippen molar-refractivity contribution in [3.63, 3.8) is 0 Å². The van der Waals surface area contributed by atoms with Crippen LogP contribution in [0.4, 0.5) is 0 Å². The third-order valence-corrected chi connectivity index (χ3v) is 14.8. The average molecular weight is 1150 g/mol. The molecule has 7 heterocycles. The highest BCUT2D eigenvalue weighted by Crippen LogP contribution is 2.38. The first-order valence-electron chi connectivity index (χ1n) is 25.0. The smallest absolute Gasteiger partial charge is 0.187 e. The maximum atomic E-state index is 11.7. The van der Waals surface area contributed by atoms with Gasteiger partial charge in [-0.1, -0.05) is 0 Å². The summed E-state index contributed by atoms with van der Waals surface area (Å²) in [6.45, 7) is -5.38. The second kappa shape index (κ2) is 27.5. The number of hydrogen-bond donors (Lipinski definition) is 22. The van der Waals surface area contributed by atoms with Crippen molar-refractivity contribution in [2.24, 2.45) is 0 Å². The first-order chi connectivity index (χ1) is 37.0. The third-order valence-electron chi connectivity index (χ3n) is 14.8. The van der Waals surface area contributed by atoms with Crippen molar-refractivity contribution < 1.29 is 174 Å². The van der Waals surface area contributed by atoms with Gasteiger partial charge in [0.1, 0.15) is 171 Å². The lowest BCUT2D eigenvalue weighted by Crippen LogP contribution is -2.69. The van der Waals surface area contributed by atoms with Crippen LogP contribution < -0.4 is 0 Å². The zero-order chi connectivity index (χ0) is 57.3. The van der Waals surface area contributed by atoms with E-state index < -0.39 is 261 Å². The van der Waals surface area contributed by atoms with E-state index in [-0.39, 0.29) is 0 Å². The van der Waals surface area contributed by atoms with E-state index in [1.807, 2.05) is 0 Å². The van der Waals surface area contributed by atoms with Crippen LogP contribution in [0.3, 0.4) is 0 Å². The number of rotatable bonds is 19. The number of aliphatic hydroxyl groups is 22. The lowest BCUT2D eigenvalue weighted by molar-refractivity contribution is -0.400. The molecule has 456 valence electrons. The largest absolute Gasteiger partial charge is 0.394 e. The molecule has 0 saturated carbocycles. The summed E-state index contributed by atoms with van der Waals surface area (Å²) in [7, 11) is 0. The normalized spacial score (nSPS) is 53.5. The molecule has 0 spiro atoms. The molecule has 35 atom stereocenters. The van der Waals surface area contributed by atoms with Gasteiger partial charge in [0, 0.05) is 0 Å². The molecule has 35 nitrogen and oxygen atoms in total. The van der Waals surface area contributed by atoms with Gasteiger partial charge >= 0.3 is 0 Å². The van der Waals surface area contributed by atoms with Crippen molar-refractivity contribution in [1.82, 2.24) is 0 Å². The summed E-state index contributed by atoms with van der Waals surface area (Å²) in [4.78, 5) is 0. The molecule has 7 saturated heterocycles. The lowest BCUT2D eigenvalue weighted by atomic mass is 9.94. The Morgan fingerprint density at radius 1 is 0.218 bits per heavy atom. The van der Waals surface area contributed by atoms with Crippen LogP contribution in [0, 0.1) is 0 Å². The molecule has 7 rings (SSSR count). The Bertz CT molecular complexity index is 1820. The Morgan fingerprint density at radius 2 is 0.397 bits per heavy atom. The molecule has 0 aromatic rings. The summed E-state index contributed by atoms with van der Waals surface area (Å²) in [5, 5.41) is 237. The fraction of sp³-hybridized carbons (Fsp3) is 1.00. The van der Waals surface area contributed by atoms with E-state index >= 15 is 0 Å². The second-order valence-electron chi connectivity index (χ2n) is 19.9. The summed E-state index contributed by atoms with van der Waals surface area (Å²) >= 11 is 0. The van der Waals surface area contributed by atoms with Crippen LogP contribution in [-0.2, 0) is 61.6 Å². The van der Waals surface area contributed by atoms with Crippen LogP contribution in [0.15, 0.2) is 0 Å². The molecule has 0 radical (unpaired) electrons. The van der Waals surface area contributed by atoms with Gasteiger partial charge in [0.25, 0.3) is 0 Å². The molecular weight excluding hydrogens is 1080 g/mol. The minimum atomic E-state index is -2.31. The molecule has 7 aliphatic heterocycles. The molecule has 0 aromatic heterocycles. The van der Waals surface area contributed by atoms with Crippen LogP contribution in [-0.4, -0.2) is 373 Å². The first-order valence-corrected chi connectivity index (χ1v) is 25.0. The van der Waals surface area contributed by atoms with Crippen LogP contribution in [0.25, 0.3) is 0 Å². The van der Waals surface area contributed by atoms with Gasteiger partial charge in [-0.3, -0.25) is 0 Å². The van der Waals surface area contributed by atoms with Gasteiger partial charge in [0.15, 0.2) is 37.7 Å². The quantitative estimate of drug-likeness (QED) is 0.0571. The van der Waals surface area contributed by atoms with Crippen molar-refractivity contribution >= 4 is 0 Å². The van der Waals surface area contributed by atoms with E-state index in [2.05, 4.69) is 0 Å². The van der Waals surface area contributed by atoms with Gasteiger partial charge < -0.3 is 174 Å². The topological polar surface area (TPSA) is 565 Å². The maximum Gasteiger partial charge on any atom is 0.187 e. The highest BCUT2D eigenvalue weighted by Gasteiger charge is 2.59. The number of aliphatic hydroxyl groups excluding tert-OH is 22. The number of hydrogen-bond acceptors (Lipinski definition) is 35. The Hall–Kier alpha value is -1.40. The predicted molar refractivity (Wildman–Crippen MR) is 235 cm³/mol. The van der Waals surface area contributed by atoms with Crippen molar-refractivity contribution in [3.05, 3.63) is 0 Å². The highest BCUT2D eigenvalue weighted by molar-refractivity contribution is 5.01. The Kier molecular flexibility index (Phi) is 22.7. The fourth-order valence-electron chi connectivity index (χ4n) is 10.2. The summed E-state index contributed by atoms with van der Waals surface area (Å²) < 4.78 is 72.8. The number of ether oxygens (including phenoxy) is 13. The Balaban J connectivity index is 1.06. The zero-order valence-electron chi connectivity index (χ0n) is 41.3. The third kappa shape index (κ3) is 13.0. The van der Waals surface area contributed by atoms with Gasteiger partial charge in [0.2, 0.25) is 0 Å². The maximum absolute atomic E-state index is 11.7. The van der Waals surface area contributed by atoms with E-state index in [1.165, 1.54) is 6.92 Å². The lowest BCUT2D eigenvalue weighted by Gasteiger charge is -2.50. The standard InChI is InChI=1S/C43H74O35/c1-9-17(51)32(19(53)11(3-45)66-9)73-39-28(62)34(21(55)13(5-47)68-39)75-41-30(64)36(23(57)15(7-49)70-41)77-43-31(65)37(24(58)16(8-50)72-43)78-42-29(63)35(22(56)14(6-48)71-42)76-40-27(61)33(20(54)12(4-46)69-40)74-38-26(60)25(59)18(52)10(2-44)67-38/h9-65H,2-8H2,1H3/t9?,10?,11?,12?,13?,14?,15?,16?,17?,18?,19?,20-,21-,22?,23?,24-,25?,26?,27?,28?,29?,30?,31?,32?,33-,34-,35?,36?,37-,38?,39-,40-,41?,42?,43-/m0/s1. The molecule has 7 fully saturated rings. The van der Waals surface area contributed by atoms with Crippen LogP contribution in [0.1, 0.15) is 6.92 Å². The van der Waals surface area contributed by atoms with Gasteiger partial charge in [0.05, 0.1) is 52.4 Å². The molecule has 0 amide bonds. The van der Waals surface area contributed by atoms with Crippen molar-refractivity contribution in [1.29, 1.82) is 0 Å². The second-order valence-corrected chi connectivity index (χ2v) is 19.9. The van der Waals surface area contributed by atoms with Gasteiger partial charge in [-0.05, 0) is 6.92 Å². The molecule has 0 aliphatic carbocycles. The molecular formula is C43H74O35.